The van der Waals surface area contributed by atoms with Crippen molar-refractivity contribution in [2.45, 2.75) is 20.0 Å². The molecule has 0 saturated carbocycles. The van der Waals surface area contributed by atoms with Crippen LogP contribution in [0, 0.1) is 0 Å². The highest BCUT2D eigenvalue weighted by Gasteiger charge is 2.53. The van der Waals surface area contributed by atoms with E-state index in [-0.39, 0.29) is 22.6 Å². The highest BCUT2D eigenvalue weighted by atomic mass is 16.6. The number of rotatable bonds is 2. The number of hydrogen-bond donors (Lipinski definition) is 1. The molecule has 6 heteroatoms. The van der Waals surface area contributed by atoms with Gasteiger partial charge in [0.05, 0.1) is 25.2 Å². The van der Waals surface area contributed by atoms with Gasteiger partial charge in [-0.25, -0.2) is 4.48 Å². The molecule has 0 aromatic heterocycles. The summed E-state index contributed by atoms with van der Waals surface area (Å²) in [6, 6.07) is 9.54. The molecule has 2 heterocycles. The summed E-state index contributed by atoms with van der Waals surface area (Å²) in [7, 11) is 1.78. The zero-order valence-electron chi connectivity index (χ0n) is 13.4. The number of quaternary nitrogens is 2. The minimum absolute atomic E-state index is 0.0233. The van der Waals surface area contributed by atoms with E-state index in [0.717, 1.165) is 5.56 Å². The van der Waals surface area contributed by atoms with Gasteiger partial charge in [-0.15, -0.1) is 0 Å². The van der Waals surface area contributed by atoms with Gasteiger partial charge in [0, 0.05) is 18.6 Å². The Morgan fingerprint density at radius 2 is 2.09 bits per heavy atom. The number of ether oxygens (including phenoxy) is 1. The Kier molecular flexibility index (Phi) is 3.79. The maximum absolute atomic E-state index is 12.7. The van der Waals surface area contributed by atoms with E-state index < -0.39 is 0 Å². The van der Waals surface area contributed by atoms with Crippen LogP contribution in [0.1, 0.15) is 19.4 Å². The minimum Gasteiger partial charge on any atom is -0.830 e. The second-order valence-electron chi connectivity index (χ2n) is 5.78. The first-order valence-corrected chi connectivity index (χ1v) is 7.64. The monoisotopic (exact) mass is 314 g/mol. The van der Waals surface area contributed by atoms with Gasteiger partial charge in [-0.1, -0.05) is 30.3 Å². The van der Waals surface area contributed by atoms with Crippen molar-refractivity contribution >= 4 is 11.8 Å². The summed E-state index contributed by atoms with van der Waals surface area (Å²) in [5, 5.41) is 12.7. The van der Waals surface area contributed by atoms with Crippen LogP contribution in [0.2, 0.25) is 0 Å². The molecule has 23 heavy (non-hydrogen) atoms. The zero-order valence-corrected chi connectivity index (χ0v) is 13.4. The Bertz CT molecular complexity index is 724. The van der Waals surface area contributed by atoms with Crippen molar-refractivity contribution in [2.24, 2.45) is 4.99 Å². The van der Waals surface area contributed by atoms with E-state index in [1.54, 1.807) is 26.2 Å². The molecule has 0 spiro atoms. The smallest absolute Gasteiger partial charge is 0.524 e. The molecule has 3 atom stereocenters. The molecule has 0 aliphatic carbocycles. The second kappa shape index (κ2) is 5.64. The highest BCUT2D eigenvalue weighted by molar-refractivity contribution is 6.09. The number of hydrogen-bond acceptors (Lipinski definition) is 4. The number of benzene rings is 1. The Labute approximate surface area is 135 Å². The SMILES string of the molecule is CCOC(=O)[NH+]1C=C2N=C(c3ccccc3)C=C([O-])[N+]2(C)C1C. The summed E-state index contributed by atoms with van der Waals surface area (Å²) >= 11 is 0. The van der Waals surface area contributed by atoms with Crippen molar-refractivity contribution in [3.8, 4) is 0 Å². The first-order valence-electron chi connectivity index (χ1n) is 7.64. The van der Waals surface area contributed by atoms with Crippen LogP contribution in [0.4, 0.5) is 4.79 Å². The minimum atomic E-state index is -0.384. The molecule has 1 amide bonds. The third-order valence-corrected chi connectivity index (χ3v) is 4.52. The van der Waals surface area contributed by atoms with Crippen LogP contribution in [0.3, 0.4) is 0 Å². The molecule has 3 unspecified atom stereocenters. The largest absolute Gasteiger partial charge is 0.830 e. The van der Waals surface area contributed by atoms with Crippen molar-refractivity contribution in [3.05, 3.63) is 59.9 Å². The third-order valence-electron chi connectivity index (χ3n) is 4.52. The molecule has 6 nitrogen and oxygen atoms in total. The maximum atomic E-state index is 12.7. The molecule has 1 aromatic rings. The van der Waals surface area contributed by atoms with Gasteiger partial charge in [0.2, 0.25) is 6.17 Å². The fourth-order valence-electron chi connectivity index (χ4n) is 2.92. The van der Waals surface area contributed by atoms with Crippen LogP contribution in [0.5, 0.6) is 0 Å². The van der Waals surface area contributed by atoms with Gasteiger partial charge in [0.1, 0.15) is 0 Å². The molecule has 3 rings (SSSR count). The third kappa shape index (κ3) is 2.36. The number of amides is 1. The number of carbonyl (C=O) groups excluding carboxylic acids is 1. The van der Waals surface area contributed by atoms with Crippen molar-refractivity contribution in [2.75, 3.05) is 13.7 Å². The lowest BCUT2D eigenvalue weighted by Crippen LogP contribution is -3.14. The van der Waals surface area contributed by atoms with E-state index in [2.05, 4.69) is 4.99 Å². The van der Waals surface area contributed by atoms with Crippen LogP contribution in [-0.4, -0.2) is 36.1 Å². The number of nitrogens with zero attached hydrogens (tertiary/aromatic N) is 2. The van der Waals surface area contributed by atoms with Crippen LogP contribution < -0.4 is 10.0 Å². The van der Waals surface area contributed by atoms with E-state index in [4.69, 9.17) is 4.74 Å². The Morgan fingerprint density at radius 1 is 1.39 bits per heavy atom. The predicted octanol–water partition coefficient (Wildman–Crippen LogP) is 0.337. The van der Waals surface area contributed by atoms with E-state index in [1.165, 1.54) is 0 Å². The predicted molar refractivity (Wildman–Crippen MR) is 82.8 cm³/mol. The molecule has 1 N–H and O–H groups in total. The van der Waals surface area contributed by atoms with E-state index in [0.29, 0.717) is 23.0 Å². The molecule has 1 aromatic carbocycles. The Hall–Kier alpha value is -2.44. The first kappa shape index (κ1) is 15.5. The fourth-order valence-corrected chi connectivity index (χ4v) is 2.92. The Morgan fingerprint density at radius 3 is 2.74 bits per heavy atom. The topological polar surface area (TPSA) is 66.2 Å². The van der Waals surface area contributed by atoms with Crippen LogP contribution >= 0.6 is 0 Å². The highest BCUT2D eigenvalue weighted by Crippen LogP contribution is 2.30. The molecule has 0 fully saturated rings. The lowest BCUT2D eigenvalue weighted by Gasteiger charge is -2.38. The number of aliphatic imine (C=N–C) groups is 1. The molecule has 2 aliphatic rings. The second-order valence-corrected chi connectivity index (χ2v) is 5.78. The maximum Gasteiger partial charge on any atom is 0.524 e. The number of fused-ring (bicyclic) bond motifs is 1. The average molecular weight is 314 g/mol. The fraction of sp³-hybridized carbons (Fsp3) is 0.294. The normalized spacial score (nSPS) is 29.3. The molecule has 0 radical (unpaired) electrons. The summed E-state index contributed by atoms with van der Waals surface area (Å²) in [4.78, 5) is 17.2. The molecular formula is C17H20N3O3+. The van der Waals surface area contributed by atoms with E-state index in [1.807, 2.05) is 37.3 Å². The summed E-state index contributed by atoms with van der Waals surface area (Å²) in [5.74, 6) is 0.490. The lowest BCUT2D eigenvalue weighted by atomic mass is 10.1. The van der Waals surface area contributed by atoms with Gasteiger partial charge < -0.3 is 9.84 Å². The Balaban J connectivity index is 2.02. The quantitative estimate of drug-likeness (QED) is 0.801. The van der Waals surface area contributed by atoms with Gasteiger partial charge in [-0.2, -0.15) is 14.7 Å². The van der Waals surface area contributed by atoms with Gasteiger partial charge in [-0.3, -0.25) is 0 Å². The van der Waals surface area contributed by atoms with Crippen molar-refractivity contribution in [1.29, 1.82) is 0 Å². The van der Waals surface area contributed by atoms with Gasteiger partial charge in [0.15, 0.2) is 6.20 Å². The number of carbonyl (C=O) groups is 1. The lowest BCUT2D eigenvalue weighted by molar-refractivity contribution is -1.02. The number of alkyl carbamates (subject to hydrolysis) is 2. The summed E-state index contributed by atoms with van der Waals surface area (Å²) in [5.41, 5.74) is 1.50. The average Bonchev–Trinajstić information content (AvgIpc) is 2.82. The number of allylic oxidation sites excluding steroid dienone is 1. The van der Waals surface area contributed by atoms with Crippen LogP contribution in [-0.2, 0) is 4.74 Å². The van der Waals surface area contributed by atoms with Gasteiger partial charge in [-0.05, 0) is 6.92 Å². The van der Waals surface area contributed by atoms with Crippen molar-refractivity contribution in [1.82, 2.24) is 0 Å². The standard InChI is InChI=1S/C17H19N3O3/c1-4-23-17(22)19-11-15-18-14(13-8-6-5-7-9-13)10-16(21)20(15,3)12(19)2/h5-12H,4H2,1-3H3/p+1. The first-order chi connectivity index (χ1) is 11.0. The summed E-state index contributed by atoms with van der Waals surface area (Å²) in [6.07, 6.45) is 2.55. The van der Waals surface area contributed by atoms with Gasteiger partial charge in [0.25, 0.3) is 5.82 Å². The van der Waals surface area contributed by atoms with Crippen LogP contribution in [0.25, 0.3) is 0 Å². The zero-order chi connectivity index (χ0) is 16.6. The molecular weight excluding hydrogens is 294 g/mol. The van der Waals surface area contributed by atoms with Crippen molar-refractivity contribution < 1.29 is 24.0 Å². The van der Waals surface area contributed by atoms with Gasteiger partial charge >= 0.3 is 6.09 Å². The van der Waals surface area contributed by atoms with E-state index in [9.17, 15) is 9.90 Å². The molecule has 120 valence electrons. The van der Waals surface area contributed by atoms with E-state index >= 15 is 0 Å². The molecule has 2 aliphatic heterocycles. The molecule has 0 saturated heterocycles. The van der Waals surface area contributed by atoms with Crippen molar-refractivity contribution in [3.63, 3.8) is 0 Å². The number of nitrogens with one attached hydrogen (secondary N) is 1. The summed E-state index contributed by atoms with van der Waals surface area (Å²) < 4.78 is 5.07. The summed E-state index contributed by atoms with van der Waals surface area (Å²) in [6.45, 7) is 3.92. The van der Waals surface area contributed by atoms with Crippen LogP contribution in [0.15, 0.2) is 59.3 Å². The molecule has 0 bridgehead atoms.